The number of benzene rings is 2. The van der Waals surface area contributed by atoms with E-state index in [2.05, 4.69) is 51.8 Å². The molecule has 25 heavy (non-hydrogen) atoms. The Balaban J connectivity index is 1.71. The normalized spacial score (nSPS) is 10.4. The van der Waals surface area contributed by atoms with E-state index >= 15 is 0 Å². The summed E-state index contributed by atoms with van der Waals surface area (Å²) in [7, 11) is 1.61. The molecule has 0 fully saturated rings. The van der Waals surface area contributed by atoms with Crippen LogP contribution in [-0.4, -0.2) is 17.1 Å². The predicted octanol–water partition coefficient (Wildman–Crippen LogP) is 4.80. The Morgan fingerprint density at radius 1 is 1.08 bits per heavy atom. The van der Waals surface area contributed by atoms with E-state index in [9.17, 15) is 0 Å². The molecule has 0 aliphatic heterocycles. The van der Waals surface area contributed by atoms with Gasteiger partial charge in [0.15, 0.2) is 0 Å². The quantitative estimate of drug-likeness (QED) is 0.665. The van der Waals surface area contributed by atoms with Crippen LogP contribution in [0.2, 0.25) is 5.02 Å². The summed E-state index contributed by atoms with van der Waals surface area (Å²) in [5.41, 5.74) is 3.16. The Morgan fingerprint density at radius 2 is 1.88 bits per heavy atom. The molecular formula is C19H19ClN4O. The molecule has 1 heterocycles. The number of halogens is 1. The smallest absolute Gasteiger partial charge is 0.224 e. The van der Waals surface area contributed by atoms with Gasteiger partial charge < -0.3 is 15.4 Å². The lowest BCUT2D eigenvalue weighted by molar-refractivity contribution is 0.417. The molecule has 0 saturated carbocycles. The fraction of sp³-hybridized carbons (Fsp3) is 0.158. The van der Waals surface area contributed by atoms with Gasteiger partial charge in [0.25, 0.3) is 0 Å². The number of ether oxygens (including phenoxy) is 1. The van der Waals surface area contributed by atoms with Crippen LogP contribution in [0.15, 0.2) is 54.7 Å². The van der Waals surface area contributed by atoms with Crippen molar-refractivity contribution >= 4 is 29.1 Å². The molecule has 0 saturated heterocycles. The largest absolute Gasteiger partial charge is 0.495 e. The number of rotatable bonds is 6. The minimum atomic E-state index is 0.548. The lowest BCUT2D eigenvalue weighted by atomic mass is 10.1. The third-order valence-corrected chi connectivity index (χ3v) is 3.89. The summed E-state index contributed by atoms with van der Waals surface area (Å²) in [4.78, 5) is 8.73. The first-order chi connectivity index (χ1) is 12.1. The van der Waals surface area contributed by atoms with Crippen molar-refractivity contribution in [3.05, 3.63) is 70.9 Å². The maximum Gasteiger partial charge on any atom is 0.224 e. The van der Waals surface area contributed by atoms with Crippen molar-refractivity contribution in [1.82, 2.24) is 9.97 Å². The van der Waals surface area contributed by atoms with E-state index in [1.807, 2.05) is 6.07 Å². The second kappa shape index (κ2) is 7.85. The molecule has 128 valence electrons. The zero-order valence-corrected chi connectivity index (χ0v) is 14.8. The summed E-state index contributed by atoms with van der Waals surface area (Å²) < 4.78 is 5.34. The second-order valence-corrected chi connectivity index (χ2v) is 6.01. The first kappa shape index (κ1) is 17.0. The number of hydrogen-bond donors (Lipinski definition) is 2. The van der Waals surface area contributed by atoms with Crippen molar-refractivity contribution < 1.29 is 4.74 Å². The lowest BCUT2D eigenvalue weighted by Crippen LogP contribution is -2.05. The Labute approximate surface area is 152 Å². The van der Waals surface area contributed by atoms with Crippen LogP contribution >= 0.6 is 11.6 Å². The topological polar surface area (TPSA) is 59.1 Å². The summed E-state index contributed by atoms with van der Waals surface area (Å²) >= 11 is 6.06. The third kappa shape index (κ3) is 4.61. The second-order valence-electron chi connectivity index (χ2n) is 5.57. The zero-order valence-electron chi connectivity index (χ0n) is 14.1. The average molecular weight is 355 g/mol. The van der Waals surface area contributed by atoms with Crippen LogP contribution in [0.1, 0.15) is 11.1 Å². The van der Waals surface area contributed by atoms with Gasteiger partial charge in [-0.25, -0.2) is 4.98 Å². The number of aromatic nitrogens is 2. The monoisotopic (exact) mass is 354 g/mol. The highest BCUT2D eigenvalue weighted by Crippen LogP contribution is 2.30. The van der Waals surface area contributed by atoms with Gasteiger partial charge in [-0.15, -0.1) is 0 Å². The molecule has 5 nitrogen and oxygen atoms in total. The molecule has 2 aromatic carbocycles. The summed E-state index contributed by atoms with van der Waals surface area (Å²) in [6, 6.07) is 15.5. The number of nitrogens with one attached hydrogen (secondary N) is 2. The van der Waals surface area contributed by atoms with Gasteiger partial charge in [0.2, 0.25) is 5.95 Å². The molecule has 6 heteroatoms. The molecule has 0 unspecified atom stereocenters. The van der Waals surface area contributed by atoms with Crippen LogP contribution in [0.25, 0.3) is 0 Å². The fourth-order valence-corrected chi connectivity index (χ4v) is 2.49. The average Bonchev–Trinajstić information content (AvgIpc) is 2.62. The van der Waals surface area contributed by atoms with E-state index in [-0.39, 0.29) is 0 Å². The maximum atomic E-state index is 6.06. The fourth-order valence-electron chi connectivity index (χ4n) is 2.32. The van der Waals surface area contributed by atoms with Crippen LogP contribution in [0.5, 0.6) is 5.75 Å². The van der Waals surface area contributed by atoms with E-state index < -0.39 is 0 Å². The van der Waals surface area contributed by atoms with Crippen LogP contribution in [-0.2, 0) is 6.54 Å². The molecular weight excluding hydrogens is 336 g/mol. The molecule has 3 aromatic rings. The highest BCUT2D eigenvalue weighted by molar-refractivity contribution is 6.31. The highest BCUT2D eigenvalue weighted by Gasteiger charge is 2.06. The molecule has 0 spiro atoms. The SMILES string of the molecule is COc1ccc(Cl)cc1Nc1ccnc(NCc2ccc(C)cc2)n1. The molecule has 0 radical (unpaired) electrons. The van der Waals surface area contributed by atoms with Crippen molar-refractivity contribution in [1.29, 1.82) is 0 Å². The minimum Gasteiger partial charge on any atom is -0.495 e. The van der Waals surface area contributed by atoms with Crippen LogP contribution in [0.3, 0.4) is 0 Å². The predicted molar refractivity (Wildman–Crippen MR) is 102 cm³/mol. The van der Waals surface area contributed by atoms with Crippen molar-refractivity contribution in [2.75, 3.05) is 17.7 Å². The Morgan fingerprint density at radius 3 is 2.64 bits per heavy atom. The number of hydrogen-bond acceptors (Lipinski definition) is 5. The van der Waals surface area contributed by atoms with E-state index in [1.54, 1.807) is 31.5 Å². The minimum absolute atomic E-state index is 0.548. The molecule has 0 amide bonds. The van der Waals surface area contributed by atoms with Crippen LogP contribution < -0.4 is 15.4 Å². The van der Waals surface area contributed by atoms with Crippen molar-refractivity contribution in [3.63, 3.8) is 0 Å². The zero-order chi connectivity index (χ0) is 17.6. The van der Waals surface area contributed by atoms with Crippen LogP contribution in [0, 0.1) is 6.92 Å². The van der Waals surface area contributed by atoms with Gasteiger partial charge >= 0.3 is 0 Å². The number of anilines is 3. The van der Waals surface area contributed by atoms with Crippen molar-refractivity contribution in [3.8, 4) is 5.75 Å². The summed E-state index contributed by atoms with van der Waals surface area (Å²) in [5, 5.41) is 7.06. The van der Waals surface area contributed by atoms with Crippen molar-refractivity contribution in [2.24, 2.45) is 0 Å². The summed E-state index contributed by atoms with van der Waals surface area (Å²) in [6.45, 7) is 2.73. The summed E-state index contributed by atoms with van der Waals surface area (Å²) in [5.74, 6) is 1.89. The molecule has 0 aliphatic rings. The highest BCUT2D eigenvalue weighted by atomic mass is 35.5. The molecule has 0 bridgehead atoms. The Bertz CT molecular complexity index is 852. The Hall–Kier alpha value is -2.79. The Kier molecular flexibility index (Phi) is 5.36. The first-order valence-corrected chi connectivity index (χ1v) is 8.25. The van der Waals surface area contributed by atoms with Gasteiger partial charge in [-0.05, 0) is 36.8 Å². The van der Waals surface area contributed by atoms with Gasteiger partial charge in [-0.2, -0.15) is 4.98 Å². The maximum absolute atomic E-state index is 6.06. The van der Waals surface area contributed by atoms with Crippen LogP contribution in [0.4, 0.5) is 17.5 Å². The number of nitrogens with zero attached hydrogens (tertiary/aromatic N) is 2. The third-order valence-electron chi connectivity index (χ3n) is 3.65. The van der Waals surface area contributed by atoms with E-state index in [0.717, 1.165) is 5.69 Å². The number of methoxy groups -OCH3 is 1. The van der Waals surface area contributed by atoms with E-state index in [1.165, 1.54) is 11.1 Å². The molecule has 3 rings (SSSR count). The number of aryl methyl sites for hydroxylation is 1. The molecule has 0 aliphatic carbocycles. The van der Waals surface area contributed by atoms with E-state index in [4.69, 9.17) is 16.3 Å². The molecule has 1 aromatic heterocycles. The lowest BCUT2D eigenvalue weighted by Gasteiger charge is -2.12. The standard InChI is InChI=1S/C19H19ClN4O/c1-13-3-5-14(6-4-13)12-22-19-21-10-9-18(24-19)23-16-11-15(20)7-8-17(16)25-2/h3-11H,12H2,1-2H3,(H2,21,22,23,24). The summed E-state index contributed by atoms with van der Waals surface area (Å²) in [6.07, 6.45) is 1.70. The van der Waals surface area contributed by atoms with Gasteiger partial charge in [0.1, 0.15) is 11.6 Å². The molecule has 2 N–H and O–H groups in total. The molecule has 0 atom stereocenters. The van der Waals surface area contributed by atoms with Gasteiger partial charge in [0.05, 0.1) is 12.8 Å². The van der Waals surface area contributed by atoms with E-state index in [0.29, 0.717) is 29.1 Å². The van der Waals surface area contributed by atoms with Crippen molar-refractivity contribution in [2.45, 2.75) is 13.5 Å². The van der Waals surface area contributed by atoms with Gasteiger partial charge in [-0.1, -0.05) is 41.4 Å². The van der Waals surface area contributed by atoms with Gasteiger partial charge in [0, 0.05) is 17.8 Å². The van der Waals surface area contributed by atoms with Gasteiger partial charge in [-0.3, -0.25) is 0 Å². The first-order valence-electron chi connectivity index (χ1n) is 7.87.